The van der Waals surface area contributed by atoms with Gasteiger partial charge in [0.2, 0.25) is 11.8 Å². The van der Waals surface area contributed by atoms with E-state index in [1.807, 2.05) is 19.9 Å². The standard InChI is InChI=1S/C22H22ClN5O3S/c1-4-18(20(30)25-15-7-5-6-14(23)11-15)32-22-26-21(31)19(27-28-22)16-10-12(2)8-9-17(16)24-13(3)29/h5-11,18H,4H2,1-3H3,(H,24,29)(H,25,30)(H,26,28,31)/t18-/m0/s1. The number of hydrogen-bond donors (Lipinski definition) is 3. The van der Waals surface area contributed by atoms with Crippen molar-refractivity contribution in [3.8, 4) is 11.3 Å². The quantitative estimate of drug-likeness (QED) is 0.443. The number of carbonyl (C=O) groups excluding carboxylic acids is 2. The third-order valence-corrected chi connectivity index (χ3v) is 5.90. The van der Waals surface area contributed by atoms with Crippen LogP contribution in [0.15, 0.2) is 52.4 Å². The first-order chi connectivity index (χ1) is 15.3. The van der Waals surface area contributed by atoms with Crippen molar-refractivity contribution in [2.75, 3.05) is 10.6 Å². The lowest BCUT2D eigenvalue weighted by molar-refractivity contribution is -0.116. The second-order valence-electron chi connectivity index (χ2n) is 7.05. The van der Waals surface area contributed by atoms with E-state index in [-0.39, 0.29) is 22.7 Å². The first kappa shape index (κ1) is 23.5. The number of aromatic amines is 1. The zero-order valence-corrected chi connectivity index (χ0v) is 19.3. The summed E-state index contributed by atoms with van der Waals surface area (Å²) in [5.74, 6) is -0.499. The minimum absolute atomic E-state index is 0.0817. The molecule has 0 aliphatic heterocycles. The Hall–Kier alpha value is -3.17. The van der Waals surface area contributed by atoms with Crippen LogP contribution in [0.25, 0.3) is 11.3 Å². The number of aryl methyl sites for hydroxylation is 1. The molecule has 0 saturated carbocycles. The molecule has 32 heavy (non-hydrogen) atoms. The number of carbonyl (C=O) groups is 2. The Morgan fingerprint density at radius 2 is 1.94 bits per heavy atom. The molecular weight excluding hydrogens is 450 g/mol. The molecule has 2 aromatic carbocycles. The predicted octanol–water partition coefficient (Wildman–Crippen LogP) is 4.26. The molecule has 1 atom stereocenters. The second-order valence-corrected chi connectivity index (χ2v) is 8.68. The van der Waals surface area contributed by atoms with Crippen molar-refractivity contribution >= 4 is 46.6 Å². The molecule has 8 nitrogen and oxygen atoms in total. The molecular formula is C22H22ClN5O3S. The Morgan fingerprint density at radius 1 is 1.16 bits per heavy atom. The highest BCUT2D eigenvalue weighted by molar-refractivity contribution is 8.00. The van der Waals surface area contributed by atoms with Gasteiger partial charge in [0.05, 0.1) is 10.9 Å². The Balaban J connectivity index is 1.82. The van der Waals surface area contributed by atoms with Crippen LogP contribution < -0.4 is 16.2 Å². The fourth-order valence-electron chi connectivity index (χ4n) is 2.95. The highest BCUT2D eigenvalue weighted by atomic mass is 35.5. The molecule has 3 rings (SSSR count). The largest absolute Gasteiger partial charge is 0.326 e. The first-order valence-corrected chi connectivity index (χ1v) is 11.1. The van der Waals surface area contributed by atoms with Crippen LogP contribution in [0.3, 0.4) is 0 Å². The highest BCUT2D eigenvalue weighted by Gasteiger charge is 2.21. The minimum atomic E-state index is -0.501. The van der Waals surface area contributed by atoms with Gasteiger partial charge in [0.15, 0.2) is 10.9 Å². The van der Waals surface area contributed by atoms with Gasteiger partial charge in [-0.3, -0.25) is 19.4 Å². The molecule has 166 valence electrons. The molecule has 3 N–H and O–H groups in total. The number of rotatable bonds is 7. The normalized spacial score (nSPS) is 11.6. The number of hydrogen-bond acceptors (Lipinski definition) is 6. The fraction of sp³-hybridized carbons (Fsp3) is 0.227. The van der Waals surface area contributed by atoms with Crippen LogP contribution in [-0.2, 0) is 9.59 Å². The lowest BCUT2D eigenvalue weighted by atomic mass is 10.1. The third-order valence-electron chi connectivity index (χ3n) is 4.43. The smallest absolute Gasteiger partial charge is 0.278 e. The number of nitrogens with one attached hydrogen (secondary N) is 3. The van der Waals surface area contributed by atoms with Gasteiger partial charge in [-0.1, -0.05) is 48.0 Å². The van der Waals surface area contributed by atoms with Crippen molar-refractivity contribution in [3.05, 3.63) is 63.4 Å². The van der Waals surface area contributed by atoms with Crippen molar-refractivity contribution in [2.24, 2.45) is 0 Å². The number of aromatic nitrogens is 3. The van der Waals surface area contributed by atoms with E-state index in [9.17, 15) is 14.4 Å². The summed E-state index contributed by atoms with van der Waals surface area (Å²) in [5, 5.41) is 13.9. The van der Waals surface area contributed by atoms with Crippen molar-refractivity contribution in [1.82, 2.24) is 15.2 Å². The third kappa shape index (κ3) is 5.95. The maximum atomic E-state index is 12.8. The van der Waals surface area contributed by atoms with Crippen LogP contribution in [0.1, 0.15) is 25.8 Å². The molecule has 10 heteroatoms. The van der Waals surface area contributed by atoms with Crippen LogP contribution >= 0.6 is 23.4 Å². The van der Waals surface area contributed by atoms with E-state index in [1.54, 1.807) is 36.4 Å². The monoisotopic (exact) mass is 471 g/mol. The fourth-order valence-corrected chi connectivity index (χ4v) is 3.98. The SMILES string of the molecule is CC[C@H](Sc1nnc(-c2cc(C)ccc2NC(C)=O)c(=O)[nH]1)C(=O)Nc1cccc(Cl)c1. The van der Waals surface area contributed by atoms with Crippen LogP contribution in [0.2, 0.25) is 5.02 Å². The van der Waals surface area contributed by atoms with E-state index in [4.69, 9.17) is 11.6 Å². The number of amides is 2. The zero-order chi connectivity index (χ0) is 23.3. The zero-order valence-electron chi connectivity index (χ0n) is 17.7. The number of H-pyrrole nitrogens is 1. The van der Waals surface area contributed by atoms with Gasteiger partial charge in [-0.25, -0.2) is 0 Å². The molecule has 1 aromatic heterocycles. The molecule has 0 aliphatic carbocycles. The number of benzene rings is 2. The molecule has 0 unspecified atom stereocenters. The van der Waals surface area contributed by atoms with Gasteiger partial charge < -0.3 is 10.6 Å². The van der Waals surface area contributed by atoms with E-state index >= 15 is 0 Å². The Labute approximate surface area is 194 Å². The summed E-state index contributed by atoms with van der Waals surface area (Å²) in [4.78, 5) is 39.6. The van der Waals surface area contributed by atoms with Gasteiger partial charge in [-0.05, 0) is 43.7 Å². The average molecular weight is 472 g/mol. The molecule has 0 fully saturated rings. The van der Waals surface area contributed by atoms with Gasteiger partial charge >= 0.3 is 0 Å². The molecule has 0 saturated heterocycles. The summed E-state index contributed by atoms with van der Waals surface area (Å²) < 4.78 is 0. The lowest BCUT2D eigenvalue weighted by Gasteiger charge is -2.14. The summed E-state index contributed by atoms with van der Waals surface area (Å²) in [7, 11) is 0. The van der Waals surface area contributed by atoms with Crippen molar-refractivity contribution in [2.45, 2.75) is 37.6 Å². The average Bonchev–Trinajstić information content (AvgIpc) is 2.73. The summed E-state index contributed by atoms with van der Waals surface area (Å²) in [5.41, 5.74) is 2.04. The highest BCUT2D eigenvalue weighted by Crippen LogP contribution is 2.27. The second kappa shape index (κ2) is 10.4. The van der Waals surface area contributed by atoms with E-state index in [2.05, 4.69) is 25.8 Å². The van der Waals surface area contributed by atoms with Crippen LogP contribution in [0, 0.1) is 6.92 Å². The van der Waals surface area contributed by atoms with Gasteiger partial charge in [-0.15, -0.1) is 10.2 Å². The number of halogens is 1. The first-order valence-electron chi connectivity index (χ1n) is 9.85. The van der Waals surface area contributed by atoms with Crippen LogP contribution in [-0.4, -0.2) is 32.2 Å². The van der Waals surface area contributed by atoms with Gasteiger partial charge in [-0.2, -0.15) is 0 Å². The molecule has 0 radical (unpaired) electrons. The van der Waals surface area contributed by atoms with E-state index in [0.29, 0.717) is 28.4 Å². The van der Waals surface area contributed by atoms with Crippen molar-refractivity contribution in [3.63, 3.8) is 0 Å². The van der Waals surface area contributed by atoms with Crippen LogP contribution in [0.4, 0.5) is 11.4 Å². The number of nitrogens with zero attached hydrogens (tertiary/aromatic N) is 2. The molecule has 2 amide bonds. The topological polar surface area (TPSA) is 117 Å². The predicted molar refractivity (Wildman–Crippen MR) is 127 cm³/mol. The lowest BCUT2D eigenvalue weighted by Crippen LogP contribution is -2.25. The van der Waals surface area contributed by atoms with Crippen molar-refractivity contribution < 1.29 is 9.59 Å². The number of anilines is 2. The minimum Gasteiger partial charge on any atom is -0.326 e. The molecule has 3 aromatic rings. The van der Waals surface area contributed by atoms with Crippen molar-refractivity contribution in [1.29, 1.82) is 0 Å². The summed E-state index contributed by atoms with van der Waals surface area (Å²) in [6.45, 7) is 5.12. The summed E-state index contributed by atoms with van der Waals surface area (Å²) >= 11 is 7.08. The van der Waals surface area contributed by atoms with Crippen LogP contribution in [0.5, 0.6) is 0 Å². The van der Waals surface area contributed by atoms with E-state index in [0.717, 1.165) is 17.3 Å². The maximum Gasteiger partial charge on any atom is 0.278 e. The Kier molecular flexibility index (Phi) is 7.66. The molecule has 0 bridgehead atoms. The summed E-state index contributed by atoms with van der Waals surface area (Å²) in [6, 6.07) is 12.2. The number of thioether (sulfide) groups is 1. The maximum absolute atomic E-state index is 12.8. The summed E-state index contributed by atoms with van der Waals surface area (Å²) in [6.07, 6.45) is 0.507. The van der Waals surface area contributed by atoms with Gasteiger partial charge in [0.25, 0.3) is 5.56 Å². The molecule has 0 aliphatic rings. The molecule has 1 heterocycles. The Bertz CT molecular complexity index is 1210. The van der Waals surface area contributed by atoms with Gasteiger partial charge in [0, 0.05) is 23.2 Å². The van der Waals surface area contributed by atoms with E-state index in [1.165, 1.54) is 6.92 Å². The Morgan fingerprint density at radius 3 is 2.59 bits per heavy atom. The van der Waals surface area contributed by atoms with E-state index < -0.39 is 10.8 Å². The molecule has 0 spiro atoms. The van der Waals surface area contributed by atoms with Gasteiger partial charge in [0.1, 0.15) is 0 Å².